The van der Waals surface area contributed by atoms with E-state index in [9.17, 15) is 9.59 Å². The van der Waals surface area contributed by atoms with Crippen molar-refractivity contribution in [3.8, 4) is 0 Å². The minimum atomic E-state index is -0.314. The number of hydrogen-bond donors (Lipinski definition) is 0. The summed E-state index contributed by atoms with van der Waals surface area (Å²) in [5.41, 5.74) is 5.67. The van der Waals surface area contributed by atoms with E-state index in [1.807, 2.05) is 13.8 Å². The maximum atomic E-state index is 12.4. The highest BCUT2D eigenvalue weighted by molar-refractivity contribution is 6.34. The lowest BCUT2D eigenvalue weighted by Crippen LogP contribution is -2.32. The summed E-state index contributed by atoms with van der Waals surface area (Å²) in [7, 11) is 0. The number of carbonyl (C=O) groups is 2. The van der Waals surface area contributed by atoms with Crippen LogP contribution in [0.4, 0.5) is 5.69 Å². The van der Waals surface area contributed by atoms with Gasteiger partial charge < -0.3 is 0 Å². The van der Waals surface area contributed by atoms with Crippen molar-refractivity contribution in [2.24, 2.45) is 0 Å². The van der Waals surface area contributed by atoms with Crippen LogP contribution in [0.1, 0.15) is 62.4 Å². The Hall–Kier alpha value is -2.39. The van der Waals surface area contributed by atoms with Gasteiger partial charge in [-0.1, -0.05) is 76.6 Å². The van der Waals surface area contributed by atoms with Gasteiger partial charge in [-0.25, -0.2) is 4.90 Å². The standard InChI is InChI=1S/C25H28ClNO2/c1-6-16-10-9-11-18(14-16)25(4,5)20-15-17(7-2)24(19(8-3)23(20)26)27-21(28)12-13-22(27)29/h9-15H,6-8H2,1-5H3. The highest BCUT2D eigenvalue weighted by atomic mass is 35.5. The van der Waals surface area contributed by atoms with Crippen LogP contribution in [0, 0.1) is 0 Å². The summed E-state index contributed by atoms with van der Waals surface area (Å²) in [6.45, 7) is 10.6. The molecule has 0 N–H and O–H groups in total. The summed E-state index contributed by atoms with van der Waals surface area (Å²) in [6, 6.07) is 10.7. The van der Waals surface area contributed by atoms with Crippen LogP contribution in [-0.2, 0) is 34.3 Å². The fourth-order valence-corrected chi connectivity index (χ4v) is 4.56. The van der Waals surface area contributed by atoms with E-state index in [0.29, 0.717) is 23.6 Å². The maximum Gasteiger partial charge on any atom is 0.258 e. The number of carbonyl (C=O) groups excluding carboxylic acids is 2. The van der Waals surface area contributed by atoms with Crippen molar-refractivity contribution in [2.75, 3.05) is 4.90 Å². The zero-order chi connectivity index (χ0) is 21.3. The Morgan fingerprint density at radius 2 is 1.59 bits per heavy atom. The molecule has 29 heavy (non-hydrogen) atoms. The number of halogens is 1. The van der Waals surface area contributed by atoms with Gasteiger partial charge in [0.25, 0.3) is 11.8 Å². The molecule has 2 amide bonds. The molecule has 0 fully saturated rings. The van der Waals surface area contributed by atoms with E-state index >= 15 is 0 Å². The first-order chi connectivity index (χ1) is 13.8. The Morgan fingerprint density at radius 1 is 0.931 bits per heavy atom. The van der Waals surface area contributed by atoms with E-state index in [2.05, 4.69) is 51.1 Å². The van der Waals surface area contributed by atoms with Gasteiger partial charge in [0, 0.05) is 22.6 Å². The summed E-state index contributed by atoms with van der Waals surface area (Å²) in [5.74, 6) is -0.615. The first kappa shape index (κ1) is 21.3. The molecule has 0 unspecified atom stereocenters. The van der Waals surface area contributed by atoms with Crippen LogP contribution in [0.15, 0.2) is 42.5 Å². The van der Waals surface area contributed by atoms with Crippen molar-refractivity contribution in [3.05, 3.63) is 75.3 Å². The van der Waals surface area contributed by atoms with E-state index in [4.69, 9.17) is 11.6 Å². The Kier molecular flexibility index (Phi) is 6.00. The maximum absolute atomic E-state index is 12.4. The molecule has 152 valence electrons. The molecular weight excluding hydrogens is 382 g/mol. The molecule has 1 heterocycles. The molecule has 0 spiro atoms. The molecule has 3 nitrogen and oxygen atoms in total. The van der Waals surface area contributed by atoms with Gasteiger partial charge in [-0.3, -0.25) is 9.59 Å². The average molecular weight is 410 g/mol. The number of imide groups is 1. The third-order valence-corrected chi connectivity index (χ3v) is 6.34. The molecule has 4 heteroatoms. The molecule has 0 aliphatic carbocycles. The summed E-state index contributed by atoms with van der Waals surface area (Å²) in [4.78, 5) is 26.0. The zero-order valence-corrected chi connectivity index (χ0v) is 18.6. The lowest BCUT2D eigenvalue weighted by Gasteiger charge is -2.32. The third-order valence-electron chi connectivity index (χ3n) is 5.91. The smallest absolute Gasteiger partial charge is 0.258 e. The first-order valence-corrected chi connectivity index (χ1v) is 10.6. The van der Waals surface area contributed by atoms with Gasteiger partial charge in [-0.15, -0.1) is 0 Å². The number of anilines is 1. The fourth-order valence-electron chi connectivity index (χ4n) is 4.05. The van der Waals surface area contributed by atoms with Crippen LogP contribution >= 0.6 is 11.6 Å². The Labute approximate surface area is 178 Å². The molecular formula is C25H28ClNO2. The van der Waals surface area contributed by atoms with Crippen LogP contribution in [-0.4, -0.2) is 11.8 Å². The second-order valence-electron chi connectivity index (χ2n) is 7.96. The predicted molar refractivity (Wildman–Crippen MR) is 120 cm³/mol. The number of aryl methyl sites for hydroxylation is 2. The van der Waals surface area contributed by atoms with Gasteiger partial charge in [0.1, 0.15) is 0 Å². The minimum Gasteiger partial charge on any atom is -0.269 e. The number of nitrogens with zero attached hydrogens (tertiary/aromatic N) is 1. The number of benzene rings is 2. The monoisotopic (exact) mass is 409 g/mol. The summed E-state index contributed by atoms with van der Waals surface area (Å²) >= 11 is 6.96. The van der Waals surface area contributed by atoms with Crippen molar-refractivity contribution in [1.29, 1.82) is 0 Å². The lowest BCUT2D eigenvalue weighted by atomic mass is 9.75. The molecule has 0 bridgehead atoms. The van der Waals surface area contributed by atoms with Crippen LogP contribution in [0.3, 0.4) is 0 Å². The molecule has 2 aromatic carbocycles. The molecule has 0 saturated heterocycles. The number of rotatable bonds is 6. The molecule has 2 aromatic rings. The zero-order valence-electron chi connectivity index (χ0n) is 17.8. The van der Waals surface area contributed by atoms with E-state index in [1.165, 1.54) is 28.2 Å². The Balaban J connectivity index is 2.24. The van der Waals surface area contributed by atoms with Gasteiger partial charge in [-0.2, -0.15) is 0 Å². The SMILES string of the molecule is CCc1cccc(C(C)(C)c2cc(CC)c(N3C(=O)C=CC3=O)c(CC)c2Cl)c1. The fraction of sp³-hybridized carbons (Fsp3) is 0.360. The van der Waals surface area contributed by atoms with Crippen LogP contribution in [0.5, 0.6) is 0 Å². The molecule has 1 aliphatic rings. The number of amides is 2. The first-order valence-electron chi connectivity index (χ1n) is 10.3. The van der Waals surface area contributed by atoms with Crippen molar-refractivity contribution in [1.82, 2.24) is 0 Å². The molecule has 0 radical (unpaired) electrons. The average Bonchev–Trinajstić information content (AvgIpc) is 3.05. The van der Waals surface area contributed by atoms with E-state index in [0.717, 1.165) is 23.1 Å². The van der Waals surface area contributed by atoms with Crippen LogP contribution in [0.25, 0.3) is 0 Å². The second kappa shape index (κ2) is 8.16. The van der Waals surface area contributed by atoms with Crippen molar-refractivity contribution in [3.63, 3.8) is 0 Å². The van der Waals surface area contributed by atoms with E-state index in [-0.39, 0.29) is 17.2 Å². The number of hydrogen-bond acceptors (Lipinski definition) is 2. The lowest BCUT2D eigenvalue weighted by molar-refractivity contribution is -0.120. The van der Waals surface area contributed by atoms with Gasteiger partial charge >= 0.3 is 0 Å². The van der Waals surface area contributed by atoms with Crippen molar-refractivity contribution < 1.29 is 9.59 Å². The van der Waals surface area contributed by atoms with Gasteiger partial charge in [0.2, 0.25) is 0 Å². The van der Waals surface area contributed by atoms with Gasteiger partial charge in [-0.05, 0) is 47.1 Å². The van der Waals surface area contributed by atoms with Gasteiger partial charge in [0.05, 0.1) is 5.69 Å². The second-order valence-corrected chi connectivity index (χ2v) is 8.33. The molecule has 0 aromatic heterocycles. The highest BCUT2D eigenvalue weighted by Crippen LogP contribution is 2.43. The van der Waals surface area contributed by atoms with Crippen LogP contribution < -0.4 is 4.90 Å². The summed E-state index contributed by atoms with van der Waals surface area (Å²) in [6.07, 6.45) is 4.96. The largest absolute Gasteiger partial charge is 0.269 e. The Morgan fingerprint density at radius 3 is 2.14 bits per heavy atom. The van der Waals surface area contributed by atoms with Gasteiger partial charge in [0.15, 0.2) is 0 Å². The van der Waals surface area contributed by atoms with E-state index in [1.54, 1.807) is 0 Å². The molecule has 3 rings (SSSR count). The predicted octanol–water partition coefficient (Wildman–Crippen LogP) is 5.78. The molecule has 1 aliphatic heterocycles. The summed E-state index contributed by atoms with van der Waals surface area (Å²) in [5, 5.41) is 0.638. The Bertz CT molecular complexity index is 986. The van der Waals surface area contributed by atoms with E-state index < -0.39 is 0 Å². The molecule has 0 atom stereocenters. The summed E-state index contributed by atoms with van der Waals surface area (Å²) < 4.78 is 0. The normalized spacial score (nSPS) is 14.2. The molecule has 0 saturated carbocycles. The highest BCUT2D eigenvalue weighted by Gasteiger charge is 2.34. The minimum absolute atomic E-state index is 0.307. The quantitative estimate of drug-likeness (QED) is 0.567. The third kappa shape index (κ3) is 3.64. The van der Waals surface area contributed by atoms with Crippen LogP contribution in [0.2, 0.25) is 5.02 Å². The topological polar surface area (TPSA) is 37.4 Å². The van der Waals surface area contributed by atoms with Crippen molar-refractivity contribution >= 4 is 29.1 Å². The van der Waals surface area contributed by atoms with Crippen molar-refractivity contribution in [2.45, 2.75) is 59.3 Å².